The van der Waals surface area contributed by atoms with Crippen molar-refractivity contribution in [2.75, 3.05) is 25.0 Å². The van der Waals surface area contributed by atoms with Crippen LogP contribution in [0.4, 0.5) is 5.69 Å². The Morgan fingerprint density at radius 3 is 3.26 bits per heavy atom. The average molecular weight is 264 g/mol. The molecule has 6 nitrogen and oxygen atoms in total. The fourth-order valence-corrected chi connectivity index (χ4v) is 2.65. The van der Waals surface area contributed by atoms with Gasteiger partial charge in [-0.3, -0.25) is 9.48 Å². The minimum atomic E-state index is 0.0847. The van der Waals surface area contributed by atoms with Gasteiger partial charge in [0.05, 0.1) is 30.5 Å². The standard InChI is InChI=1S/C13H20N4O2/c18-13(10-3-4-14-6-10)16-11-7-15-17(8-11)9-12-2-1-5-19-12/h7-8,10,12,14H,1-6,9H2,(H,16,18). The molecule has 2 unspecified atom stereocenters. The average Bonchev–Trinajstić information content (AvgIpc) is 3.10. The van der Waals surface area contributed by atoms with E-state index in [1.54, 1.807) is 6.20 Å². The fourth-order valence-electron chi connectivity index (χ4n) is 2.65. The van der Waals surface area contributed by atoms with Gasteiger partial charge in [-0.15, -0.1) is 0 Å². The van der Waals surface area contributed by atoms with E-state index in [1.807, 2.05) is 10.9 Å². The summed E-state index contributed by atoms with van der Waals surface area (Å²) in [4.78, 5) is 12.0. The Bertz CT molecular complexity index is 434. The molecule has 1 amide bonds. The monoisotopic (exact) mass is 264 g/mol. The first kappa shape index (κ1) is 12.6. The summed E-state index contributed by atoms with van der Waals surface area (Å²) in [5.41, 5.74) is 0.773. The molecule has 1 aromatic heterocycles. The van der Waals surface area contributed by atoms with Gasteiger partial charge in [0.15, 0.2) is 0 Å². The van der Waals surface area contributed by atoms with E-state index >= 15 is 0 Å². The lowest BCUT2D eigenvalue weighted by Crippen LogP contribution is -2.24. The van der Waals surface area contributed by atoms with E-state index in [9.17, 15) is 4.79 Å². The molecule has 3 heterocycles. The minimum absolute atomic E-state index is 0.0847. The van der Waals surface area contributed by atoms with E-state index in [-0.39, 0.29) is 17.9 Å². The van der Waals surface area contributed by atoms with E-state index in [0.717, 1.165) is 51.2 Å². The zero-order valence-corrected chi connectivity index (χ0v) is 11.0. The van der Waals surface area contributed by atoms with Gasteiger partial charge < -0.3 is 15.4 Å². The number of amides is 1. The molecule has 2 N–H and O–H groups in total. The lowest BCUT2D eigenvalue weighted by Gasteiger charge is -2.09. The number of nitrogens with zero attached hydrogens (tertiary/aromatic N) is 2. The molecule has 19 heavy (non-hydrogen) atoms. The summed E-state index contributed by atoms with van der Waals surface area (Å²) in [6.07, 6.45) is 6.98. The summed E-state index contributed by atoms with van der Waals surface area (Å²) in [6, 6.07) is 0. The number of carbonyl (C=O) groups excluding carboxylic acids is 1. The number of hydrogen-bond acceptors (Lipinski definition) is 4. The van der Waals surface area contributed by atoms with E-state index in [0.29, 0.717) is 0 Å². The van der Waals surface area contributed by atoms with E-state index in [2.05, 4.69) is 15.7 Å². The van der Waals surface area contributed by atoms with Crippen LogP contribution in [0.2, 0.25) is 0 Å². The van der Waals surface area contributed by atoms with Crippen molar-refractivity contribution < 1.29 is 9.53 Å². The molecule has 0 radical (unpaired) electrons. The number of aromatic nitrogens is 2. The van der Waals surface area contributed by atoms with Gasteiger partial charge in [0.2, 0.25) is 5.91 Å². The van der Waals surface area contributed by atoms with Crippen LogP contribution < -0.4 is 10.6 Å². The highest BCUT2D eigenvalue weighted by atomic mass is 16.5. The molecule has 0 aromatic carbocycles. The van der Waals surface area contributed by atoms with Gasteiger partial charge in [-0.1, -0.05) is 0 Å². The van der Waals surface area contributed by atoms with Crippen molar-refractivity contribution in [3.8, 4) is 0 Å². The van der Waals surface area contributed by atoms with Crippen LogP contribution in [-0.4, -0.2) is 41.5 Å². The lowest BCUT2D eigenvalue weighted by atomic mass is 10.1. The third kappa shape index (κ3) is 3.13. The van der Waals surface area contributed by atoms with Crippen LogP contribution in [-0.2, 0) is 16.1 Å². The van der Waals surface area contributed by atoms with Crippen LogP contribution in [0.1, 0.15) is 19.3 Å². The van der Waals surface area contributed by atoms with Crippen molar-refractivity contribution in [2.24, 2.45) is 5.92 Å². The number of rotatable bonds is 4. The van der Waals surface area contributed by atoms with Crippen LogP contribution >= 0.6 is 0 Å². The smallest absolute Gasteiger partial charge is 0.228 e. The zero-order valence-electron chi connectivity index (χ0n) is 11.0. The van der Waals surface area contributed by atoms with Crippen LogP contribution in [0.15, 0.2) is 12.4 Å². The van der Waals surface area contributed by atoms with Gasteiger partial charge in [0.25, 0.3) is 0 Å². The highest BCUT2D eigenvalue weighted by Crippen LogP contribution is 2.16. The molecular formula is C13H20N4O2. The van der Waals surface area contributed by atoms with Crippen LogP contribution in [0.3, 0.4) is 0 Å². The Balaban J connectivity index is 1.53. The molecule has 2 atom stereocenters. The van der Waals surface area contributed by atoms with Crippen molar-refractivity contribution >= 4 is 11.6 Å². The first-order valence-corrected chi connectivity index (χ1v) is 6.97. The Hall–Kier alpha value is -1.40. The largest absolute Gasteiger partial charge is 0.376 e. The molecule has 0 saturated carbocycles. The fraction of sp³-hybridized carbons (Fsp3) is 0.692. The summed E-state index contributed by atoms with van der Waals surface area (Å²) in [6.45, 7) is 3.32. The molecule has 2 saturated heterocycles. The van der Waals surface area contributed by atoms with Crippen molar-refractivity contribution in [1.29, 1.82) is 0 Å². The third-order valence-electron chi connectivity index (χ3n) is 3.75. The summed E-state index contributed by atoms with van der Waals surface area (Å²) in [5.74, 6) is 0.170. The minimum Gasteiger partial charge on any atom is -0.376 e. The molecule has 2 aliphatic rings. The molecule has 0 aliphatic carbocycles. The maximum absolute atomic E-state index is 12.0. The molecule has 3 rings (SSSR count). The summed E-state index contributed by atoms with van der Waals surface area (Å²) >= 11 is 0. The second-order valence-corrected chi connectivity index (χ2v) is 5.27. The van der Waals surface area contributed by atoms with E-state index in [4.69, 9.17) is 4.74 Å². The first-order valence-electron chi connectivity index (χ1n) is 6.97. The Morgan fingerprint density at radius 1 is 1.58 bits per heavy atom. The molecule has 6 heteroatoms. The summed E-state index contributed by atoms with van der Waals surface area (Å²) < 4.78 is 7.42. The van der Waals surface area contributed by atoms with Gasteiger partial charge in [-0.05, 0) is 25.8 Å². The topological polar surface area (TPSA) is 68.2 Å². The van der Waals surface area contributed by atoms with Crippen molar-refractivity contribution in [2.45, 2.75) is 31.9 Å². The zero-order chi connectivity index (χ0) is 13.1. The van der Waals surface area contributed by atoms with Crippen LogP contribution in [0.5, 0.6) is 0 Å². The molecule has 104 valence electrons. The van der Waals surface area contributed by atoms with E-state index < -0.39 is 0 Å². The normalized spacial score (nSPS) is 26.7. The van der Waals surface area contributed by atoms with Gasteiger partial charge in [0, 0.05) is 19.3 Å². The molecule has 2 fully saturated rings. The Morgan fingerprint density at radius 2 is 2.53 bits per heavy atom. The third-order valence-corrected chi connectivity index (χ3v) is 3.75. The second kappa shape index (κ2) is 5.71. The molecular weight excluding hydrogens is 244 g/mol. The maximum Gasteiger partial charge on any atom is 0.228 e. The first-order chi connectivity index (χ1) is 9.31. The van der Waals surface area contributed by atoms with Crippen molar-refractivity contribution in [3.05, 3.63) is 12.4 Å². The summed E-state index contributed by atoms with van der Waals surface area (Å²) in [5, 5.41) is 10.4. The van der Waals surface area contributed by atoms with Crippen molar-refractivity contribution in [3.63, 3.8) is 0 Å². The van der Waals surface area contributed by atoms with Gasteiger partial charge in [0.1, 0.15) is 0 Å². The van der Waals surface area contributed by atoms with Gasteiger partial charge >= 0.3 is 0 Å². The van der Waals surface area contributed by atoms with E-state index in [1.165, 1.54) is 0 Å². The second-order valence-electron chi connectivity index (χ2n) is 5.27. The molecule has 2 aliphatic heterocycles. The van der Waals surface area contributed by atoms with Crippen LogP contribution in [0, 0.1) is 5.92 Å². The molecule has 1 aromatic rings. The number of hydrogen-bond donors (Lipinski definition) is 2. The maximum atomic E-state index is 12.0. The Labute approximate surface area is 112 Å². The summed E-state index contributed by atoms with van der Waals surface area (Å²) in [7, 11) is 0. The van der Waals surface area contributed by atoms with Gasteiger partial charge in [-0.2, -0.15) is 5.10 Å². The van der Waals surface area contributed by atoms with Crippen molar-refractivity contribution in [1.82, 2.24) is 15.1 Å². The predicted octanol–water partition coefficient (Wildman–Crippen LogP) is 0.610. The highest BCUT2D eigenvalue weighted by molar-refractivity contribution is 5.92. The SMILES string of the molecule is O=C(Nc1cnn(CC2CCCO2)c1)C1CCNC1. The highest BCUT2D eigenvalue weighted by Gasteiger charge is 2.23. The lowest BCUT2D eigenvalue weighted by molar-refractivity contribution is -0.119. The van der Waals surface area contributed by atoms with Gasteiger partial charge in [-0.25, -0.2) is 0 Å². The Kier molecular flexibility index (Phi) is 3.79. The number of ether oxygens (including phenoxy) is 1. The number of carbonyl (C=O) groups is 1. The molecule has 0 spiro atoms. The molecule has 0 bridgehead atoms. The number of anilines is 1. The number of nitrogens with one attached hydrogen (secondary N) is 2. The quantitative estimate of drug-likeness (QED) is 0.836. The predicted molar refractivity (Wildman–Crippen MR) is 70.8 cm³/mol. The van der Waals surface area contributed by atoms with Crippen LogP contribution in [0.25, 0.3) is 0 Å².